The molecule has 4 bridgehead atoms. The summed E-state index contributed by atoms with van der Waals surface area (Å²) in [5.41, 5.74) is -1.37. The molecule has 9 atom stereocenters. The van der Waals surface area contributed by atoms with Crippen LogP contribution in [0.2, 0.25) is 0 Å². The first-order chi connectivity index (χ1) is 26.3. The van der Waals surface area contributed by atoms with Crippen molar-refractivity contribution in [3.8, 4) is 0 Å². The van der Waals surface area contributed by atoms with Crippen LogP contribution in [0.25, 0.3) is 12.2 Å². The predicted octanol–water partition coefficient (Wildman–Crippen LogP) is 7.34. The molecule has 55 heavy (non-hydrogen) atoms. The smallest absolute Gasteiger partial charge is 0.360 e. The number of ether oxygens (including phenoxy) is 2. The second kappa shape index (κ2) is 18.2. The molecule has 0 aromatic carbocycles. The lowest BCUT2D eigenvalue weighted by atomic mass is 9.79. The van der Waals surface area contributed by atoms with Gasteiger partial charge in [-0.05, 0) is 37.7 Å². The maximum Gasteiger partial charge on any atom is 0.360 e. The fraction of sp³-hybridized carbons (Fsp3) is 0.455. The highest BCUT2D eigenvalue weighted by Crippen LogP contribution is 2.48. The number of nitrogens with zero attached hydrogens (tertiary/aromatic N) is 2. The van der Waals surface area contributed by atoms with E-state index in [-0.39, 0.29) is 29.4 Å². The molecule has 2 aromatic heterocycles. The van der Waals surface area contributed by atoms with Crippen molar-refractivity contribution in [2.75, 3.05) is 0 Å². The highest BCUT2D eigenvalue weighted by atomic mass is 16.6. The van der Waals surface area contributed by atoms with Gasteiger partial charge in [0.15, 0.2) is 11.4 Å². The van der Waals surface area contributed by atoms with Crippen LogP contribution in [0.1, 0.15) is 94.0 Å². The lowest BCUT2D eigenvalue weighted by Gasteiger charge is -2.36. The third-order valence-electron chi connectivity index (χ3n) is 10.9. The normalized spacial score (nSPS) is 31.5. The van der Waals surface area contributed by atoms with Gasteiger partial charge in [-0.2, -0.15) is 0 Å². The Morgan fingerprint density at radius 1 is 0.764 bits per heavy atom. The molecule has 0 amide bonds. The average Bonchev–Trinajstić information content (AvgIpc) is 3.82. The maximum absolute atomic E-state index is 13.3. The number of imidazole rings is 1. The van der Waals surface area contributed by atoms with E-state index in [1.807, 2.05) is 84.1 Å². The molecule has 11 nitrogen and oxygen atoms in total. The van der Waals surface area contributed by atoms with Gasteiger partial charge in [-0.3, -0.25) is 0 Å². The van der Waals surface area contributed by atoms with E-state index >= 15 is 0 Å². The zero-order chi connectivity index (χ0) is 39.8. The number of H-pyrrole nitrogens is 1. The third kappa shape index (κ3) is 10.7. The number of esters is 2. The van der Waals surface area contributed by atoms with E-state index in [1.54, 1.807) is 42.5 Å². The van der Waals surface area contributed by atoms with Crippen LogP contribution in [-0.4, -0.2) is 73.6 Å². The van der Waals surface area contributed by atoms with Gasteiger partial charge in [0.25, 0.3) is 0 Å². The molecule has 1 aliphatic carbocycles. The van der Waals surface area contributed by atoms with Crippen LogP contribution in [0.5, 0.6) is 0 Å². The summed E-state index contributed by atoms with van der Waals surface area (Å²) in [5, 5.41) is 25.3. The molecule has 0 spiro atoms. The molecule has 11 heteroatoms. The molecule has 294 valence electrons. The zero-order valence-electron chi connectivity index (χ0n) is 32.8. The Balaban J connectivity index is 1.37. The van der Waals surface area contributed by atoms with Gasteiger partial charge in [-0.15, -0.1) is 0 Å². The van der Waals surface area contributed by atoms with Crippen LogP contribution in [0.15, 0.2) is 102 Å². The van der Waals surface area contributed by atoms with Gasteiger partial charge in [-0.1, -0.05) is 120 Å². The van der Waals surface area contributed by atoms with Crippen molar-refractivity contribution in [1.82, 2.24) is 20.3 Å². The van der Waals surface area contributed by atoms with Crippen molar-refractivity contribution in [3.05, 3.63) is 121 Å². The van der Waals surface area contributed by atoms with E-state index < -0.39 is 47.2 Å². The molecule has 0 radical (unpaired) electrons. The number of carbonyl (C=O) groups excluding carboxylic acids is 2. The van der Waals surface area contributed by atoms with Crippen LogP contribution < -0.4 is 5.32 Å². The Kier molecular flexibility index (Phi) is 13.7. The predicted molar refractivity (Wildman–Crippen MR) is 213 cm³/mol. The van der Waals surface area contributed by atoms with Crippen molar-refractivity contribution < 1.29 is 33.7 Å². The summed E-state index contributed by atoms with van der Waals surface area (Å²) in [5.74, 6) is 0.647. The number of hydrogen-bond donors (Lipinski definition) is 4. The van der Waals surface area contributed by atoms with Crippen LogP contribution >= 0.6 is 0 Å². The number of allylic oxidation sites excluding steroid dienone is 8. The van der Waals surface area contributed by atoms with Crippen LogP contribution in [0, 0.1) is 28.6 Å². The van der Waals surface area contributed by atoms with Crippen LogP contribution in [-0.2, 0) is 9.47 Å². The molecule has 2 fully saturated rings. The van der Waals surface area contributed by atoms with Crippen molar-refractivity contribution >= 4 is 24.1 Å². The molecule has 4 heterocycles. The molecule has 0 unspecified atom stereocenters. The molecule has 3 aliphatic rings. The summed E-state index contributed by atoms with van der Waals surface area (Å²) in [4.78, 5) is 38.4. The molecule has 2 aromatic rings. The minimum atomic E-state index is -0.838. The summed E-state index contributed by atoms with van der Waals surface area (Å²) in [6.45, 7) is 13.4. The number of aromatic amines is 1. The largest absolute Gasteiger partial charge is 0.457 e. The highest BCUT2D eigenvalue weighted by Gasteiger charge is 2.43. The number of hydrogen-bond acceptors (Lipinski definition) is 10. The van der Waals surface area contributed by atoms with Crippen molar-refractivity contribution in [2.45, 2.75) is 97.8 Å². The van der Waals surface area contributed by atoms with E-state index in [4.69, 9.17) is 13.9 Å². The minimum absolute atomic E-state index is 0.0490. The minimum Gasteiger partial charge on any atom is -0.457 e. The number of cyclic esters (lactones) is 2. The fourth-order valence-corrected chi connectivity index (χ4v) is 6.63. The summed E-state index contributed by atoms with van der Waals surface area (Å²) in [6.07, 6.45) is 30.9. The van der Waals surface area contributed by atoms with Gasteiger partial charge in [-0.25, -0.2) is 19.6 Å². The first-order valence-electron chi connectivity index (χ1n) is 19.1. The molecule has 1 saturated heterocycles. The van der Waals surface area contributed by atoms with E-state index in [0.717, 1.165) is 0 Å². The average molecular weight is 753 g/mol. The third-order valence-corrected chi connectivity index (χ3v) is 10.9. The SMILES string of the molecule is C/C=C/[C@H](O)C(C)(C)[C@@H]1C/C=C\[C@H]2N[C@H]2/C=C/C=C\c2nc(co2)C(=O)O[C@H](C(C)(C)[C@@H](O)/C=C/C)C/C=C\[C@H]2[C@@H](C)[C@H]2/C=C/C=C\c2nc(c[nH]2)C(=O)O1. The molecule has 4 N–H and O–H groups in total. The first-order valence-corrected chi connectivity index (χ1v) is 19.1. The second-order valence-electron chi connectivity index (χ2n) is 15.7. The van der Waals surface area contributed by atoms with Crippen LogP contribution in [0.3, 0.4) is 0 Å². The van der Waals surface area contributed by atoms with Crippen LogP contribution in [0.4, 0.5) is 0 Å². The number of rotatable bonds is 6. The van der Waals surface area contributed by atoms with Gasteiger partial charge >= 0.3 is 11.9 Å². The molecule has 1 saturated carbocycles. The lowest BCUT2D eigenvalue weighted by molar-refractivity contribution is -0.0461. The summed E-state index contributed by atoms with van der Waals surface area (Å²) in [7, 11) is 0. The van der Waals surface area contributed by atoms with Gasteiger partial charge in [0.2, 0.25) is 5.89 Å². The summed E-state index contributed by atoms with van der Waals surface area (Å²) < 4.78 is 17.6. The molecule has 2 aliphatic heterocycles. The van der Waals surface area contributed by atoms with E-state index in [0.29, 0.717) is 36.4 Å². The lowest BCUT2D eigenvalue weighted by Crippen LogP contribution is -2.42. The second-order valence-corrected chi connectivity index (χ2v) is 15.7. The monoisotopic (exact) mass is 752 g/mol. The Hall–Kier alpha value is -4.84. The maximum atomic E-state index is 13.3. The van der Waals surface area contributed by atoms with Gasteiger partial charge in [0, 0.05) is 48.0 Å². The number of aliphatic hydroxyl groups excluding tert-OH is 2. The first kappa shape index (κ1) is 41.3. The zero-order valence-corrected chi connectivity index (χ0v) is 32.8. The van der Waals surface area contributed by atoms with Crippen molar-refractivity contribution in [3.63, 3.8) is 0 Å². The Bertz CT molecular complexity index is 1870. The summed E-state index contributed by atoms with van der Waals surface area (Å²) in [6, 6.07) is 0.195. The van der Waals surface area contributed by atoms with Crippen molar-refractivity contribution in [1.29, 1.82) is 0 Å². The summed E-state index contributed by atoms with van der Waals surface area (Å²) >= 11 is 0. The van der Waals surface area contributed by atoms with Gasteiger partial charge in [0.05, 0.1) is 12.2 Å². The van der Waals surface area contributed by atoms with Crippen molar-refractivity contribution in [2.24, 2.45) is 28.6 Å². The number of aliphatic hydroxyl groups is 2. The quantitative estimate of drug-likeness (QED) is 0.133. The topological polar surface area (TPSA) is 170 Å². The number of aromatic nitrogens is 3. The molecule has 5 rings (SSSR count). The molecular formula is C44H56N4O7. The Morgan fingerprint density at radius 2 is 1.33 bits per heavy atom. The van der Waals surface area contributed by atoms with E-state index in [2.05, 4.69) is 39.3 Å². The number of oxazole rings is 1. The number of nitrogens with one attached hydrogen (secondary N) is 2. The molecular weight excluding hydrogens is 697 g/mol. The van der Waals surface area contributed by atoms with E-state index in [9.17, 15) is 19.8 Å². The number of carbonyl (C=O) groups is 2. The fourth-order valence-electron chi connectivity index (χ4n) is 6.63. The van der Waals surface area contributed by atoms with Gasteiger partial charge in [0.1, 0.15) is 24.3 Å². The van der Waals surface area contributed by atoms with Gasteiger partial charge < -0.3 is 34.4 Å². The Labute approximate surface area is 324 Å². The highest BCUT2D eigenvalue weighted by molar-refractivity contribution is 5.88. The van der Waals surface area contributed by atoms with E-state index in [1.165, 1.54) is 12.5 Å². The Morgan fingerprint density at radius 3 is 1.98 bits per heavy atom. The number of fused-ring (bicyclic) bond motifs is 6. The standard InChI is InChI=1S/C44H56N4O7/c1-8-16-35(49)43(4,5)37-22-14-19-30-28(3)29(30)18-10-12-24-39-45-26-33(47-39)41(51)54-38(44(6,7)36(50)17-9-2)23-15-21-32-31(46-32)20-11-13-25-40-48-34(27-53-40)42(52)55-37/h8-21,24-32,35-38,46,49-50H,22-23H2,1-7H3,(H,45,47)/b16-8+,17-9+,18-10+,19-14-,20-11+,21-15-,24-12-,25-13-/t28-,29+,30-,31-,32+,35-,36-,37-,38-/m0/s1.